The Morgan fingerprint density at radius 3 is 2.67 bits per heavy atom. The molecule has 2 aromatic rings. The molecule has 2 heterocycles. The smallest absolute Gasteiger partial charge is 0.255 e. The maximum Gasteiger partial charge on any atom is 0.255 e. The number of nitrogens with zero attached hydrogens (tertiary/aromatic N) is 3. The Morgan fingerprint density at radius 2 is 2.00 bits per heavy atom. The van der Waals surface area contributed by atoms with Gasteiger partial charge in [0.05, 0.1) is 5.56 Å². The molecule has 0 spiro atoms. The number of hydrogen-bond acceptors (Lipinski definition) is 3. The number of pyridine rings is 2. The number of hydrogen-bond donors (Lipinski definition) is 0. The number of aromatic nitrogens is 2. The first-order valence-corrected chi connectivity index (χ1v) is 7.09. The maximum atomic E-state index is 12.5. The van der Waals surface area contributed by atoms with Crippen molar-refractivity contribution in [2.24, 2.45) is 0 Å². The van der Waals surface area contributed by atoms with Gasteiger partial charge in [0.15, 0.2) is 0 Å². The molecule has 2 aromatic heterocycles. The Labute approximate surface area is 125 Å². The van der Waals surface area contributed by atoms with Gasteiger partial charge in [0.1, 0.15) is 0 Å². The molecular formula is C17H21N3O. The first-order chi connectivity index (χ1) is 9.99. The molecule has 0 bridgehead atoms. The standard InChI is InChI=1S/C17H21N3O/c1-12-7-9-19-15(10-12)11-13(2)20(4)17(21)16-6-5-8-18-14(16)3/h5-10,13H,11H2,1-4H3. The average molecular weight is 283 g/mol. The molecule has 0 saturated heterocycles. The van der Waals surface area contributed by atoms with Gasteiger partial charge >= 0.3 is 0 Å². The van der Waals surface area contributed by atoms with E-state index in [1.165, 1.54) is 5.56 Å². The normalized spacial score (nSPS) is 12.0. The van der Waals surface area contributed by atoms with Crippen LogP contribution in [0.1, 0.15) is 34.2 Å². The molecule has 4 heteroatoms. The van der Waals surface area contributed by atoms with Crippen LogP contribution in [0.2, 0.25) is 0 Å². The lowest BCUT2D eigenvalue weighted by atomic mass is 10.1. The van der Waals surface area contributed by atoms with E-state index in [0.717, 1.165) is 17.8 Å². The summed E-state index contributed by atoms with van der Waals surface area (Å²) in [5.74, 6) is 0.000697. The zero-order valence-electron chi connectivity index (χ0n) is 13.0. The highest BCUT2D eigenvalue weighted by Crippen LogP contribution is 2.12. The van der Waals surface area contributed by atoms with Gasteiger partial charge in [-0.2, -0.15) is 0 Å². The van der Waals surface area contributed by atoms with Crippen LogP contribution >= 0.6 is 0 Å². The molecule has 0 radical (unpaired) electrons. The fraction of sp³-hybridized carbons (Fsp3) is 0.353. The summed E-state index contributed by atoms with van der Waals surface area (Å²) in [7, 11) is 1.83. The van der Waals surface area contributed by atoms with Gasteiger partial charge in [-0.15, -0.1) is 0 Å². The van der Waals surface area contributed by atoms with Crippen molar-refractivity contribution in [1.29, 1.82) is 0 Å². The summed E-state index contributed by atoms with van der Waals surface area (Å²) in [6, 6.07) is 7.72. The van der Waals surface area contributed by atoms with Gasteiger partial charge in [-0.05, 0) is 50.6 Å². The molecule has 0 fully saturated rings. The van der Waals surface area contributed by atoms with Gasteiger partial charge in [-0.1, -0.05) is 0 Å². The second kappa shape index (κ2) is 6.48. The Balaban J connectivity index is 2.10. The molecule has 0 saturated carbocycles. The largest absolute Gasteiger partial charge is 0.339 e. The molecule has 1 unspecified atom stereocenters. The van der Waals surface area contributed by atoms with E-state index in [0.29, 0.717) is 5.56 Å². The highest BCUT2D eigenvalue weighted by Gasteiger charge is 2.19. The van der Waals surface area contributed by atoms with Crippen LogP contribution in [0, 0.1) is 13.8 Å². The molecule has 21 heavy (non-hydrogen) atoms. The Morgan fingerprint density at radius 1 is 1.24 bits per heavy atom. The van der Waals surface area contributed by atoms with E-state index in [9.17, 15) is 4.79 Å². The van der Waals surface area contributed by atoms with Crippen LogP contribution in [0.3, 0.4) is 0 Å². The van der Waals surface area contributed by atoms with Crippen molar-refractivity contribution in [2.75, 3.05) is 7.05 Å². The maximum absolute atomic E-state index is 12.5. The summed E-state index contributed by atoms with van der Waals surface area (Å²) >= 11 is 0. The summed E-state index contributed by atoms with van der Waals surface area (Å²) < 4.78 is 0. The summed E-state index contributed by atoms with van der Waals surface area (Å²) in [5, 5.41) is 0. The van der Waals surface area contributed by atoms with E-state index in [-0.39, 0.29) is 11.9 Å². The predicted octanol–water partition coefficient (Wildman–Crippen LogP) is 2.80. The topological polar surface area (TPSA) is 46.1 Å². The van der Waals surface area contributed by atoms with Crippen molar-refractivity contribution in [2.45, 2.75) is 33.2 Å². The number of rotatable bonds is 4. The van der Waals surface area contributed by atoms with Crippen LogP contribution in [0.25, 0.3) is 0 Å². The van der Waals surface area contributed by atoms with E-state index < -0.39 is 0 Å². The molecule has 4 nitrogen and oxygen atoms in total. The number of likely N-dealkylation sites (N-methyl/N-ethyl adjacent to an activating group) is 1. The second-order valence-corrected chi connectivity index (χ2v) is 5.43. The molecule has 0 aliphatic heterocycles. The molecular weight excluding hydrogens is 262 g/mol. The van der Waals surface area contributed by atoms with Crippen molar-refractivity contribution in [3.63, 3.8) is 0 Å². The Hall–Kier alpha value is -2.23. The fourth-order valence-corrected chi connectivity index (χ4v) is 2.25. The zero-order valence-corrected chi connectivity index (χ0v) is 13.0. The van der Waals surface area contributed by atoms with E-state index in [1.54, 1.807) is 17.2 Å². The van der Waals surface area contributed by atoms with Crippen LogP contribution in [0.5, 0.6) is 0 Å². The minimum atomic E-state index is 0.000697. The van der Waals surface area contributed by atoms with Crippen molar-refractivity contribution in [3.05, 3.63) is 59.2 Å². The third-order valence-electron chi connectivity index (χ3n) is 3.70. The summed E-state index contributed by atoms with van der Waals surface area (Å²) in [5.41, 5.74) is 3.61. The molecule has 110 valence electrons. The minimum absolute atomic E-state index is 0.000697. The molecule has 2 rings (SSSR count). The van der Waals surface area contributed by atoms with Crippen LogP contribution in [0.15, 0.2) is 36.7 Å². The third-order valence-corrected chi connectivity index (χ3v) is 3.70. The van der Waals surface area contributed by atoms with E-state index in [2.05, 4.69) is 16.0 Å². The van der Waals surface area contributed by atoms with Gasteiger partial charge in [0.25, 0.3) is 5.91 Å². The predicted molar refractivity (Wildman–Crippen MR) is 83.2 cm³/mol. The number of carbonyl (C=O) groups excluding carboxylic acids is 1. The highest BCUT2D eigenvalue weighted by atomic mass is 16.2. The molecule has 0 aromatic carbocycles. The molecule has 0 aliphatic rings. The van der Waals surface area contributed by atoms with Gasteiger partial charge < -0.3 is 4.90 Å². The SMILES string of the molecule is Cc1ccnc(CC(C)N(C)C(=O)c2cccnc2C)c1. The van der Waals surface area contributed by atoms with Crippen molar-refractivity contribution >= 4 is 5.91 Å². The van der Waals surface area contributed by atoms with Crippen molar-refractivity contribution < 1.29 is 4.79 Å². The number of carbonyl (C=O) groups is 1. The van der Waals surface area contributed by atoms with Gasteiger partial charge in [0, 0.05) is 43.3 Å². The van der Waals surface area contributed by atoms with Crippen molar-refractivity contribution in [3.8, 4) is 0 Å². The van der Waals surface area contributed by atoms with E-state index >= 15 is 0 Å². The molecule has 1 atom stereocenters. The van der Waals surface area contributed by atoms with Gasteiger partial charge in [-0.25, -0.2) is 0 Å². The number of aryl methyl sites for hydroxylation is 2. The first-order valence-electron chi connectivity index (χ1n) is 7.09. The lowest BCUT2D eigenvalue weighted by molar-refractivity contribution is 0.0741. The lowest BCUT2D eigenvalue weighted by Crippen LogP contribution is -2.37. The van der Waals surface area contributed by atoms with Gasteiger partial charge in [-0.3, -0.25) is 14.8 Å². The van der Waals surface area contributed by atoms with Crippen LogP contribution in [-0.2, 0) is 6.42 Å². The molecule has 0 N–H and O–H groups in total. The van der Waals surface area contributed by atoms with E-state index in [1.807, 2.05) is 46.1 Å². The molecule has 0 aliphatic carbocycles. The average Bonchev–Trinajstić information content (AvgIpc) is 2.46. The fourth-order valence-electron chi connectivity index (χ4n) is 2.25. The molecule has 1 amide bonds. The minimum Gasteiger partial charge on any atom is -0.339 e. The highest BCUT2D eigenvalue weighted by molar-refractivity contribution is 5.95. The van der Waals surface area contributed by atoms with Gasteiger partial charge in [0.2, 0.25) is 0 Å². The Bertz CT molecular complexity index is 639. The summed E-state index contributed by atoms with van der Waals surface area (Å²) in [4.78, 5) is 22.8. The Kier molecular flexibility index (Phi) is 4.68. The van der Waals surface area contributed by atoms with Crippen molar-refractivity contribution in [1.82, 2.24) is 14.9 Å². The summed E-state index contributed by atoms with van der Waals surface area (Å²) in [6.45, 7) is 5.94. The summed E-state index contributed by atoms with van der Waals surface area (Å²) in [6.07, 6.45) is 4.25. The third kappa shape index (κ3) is 3.66. The zero-order chi connectivity index (χ0) is 15.4. The lowest BCUT2D eigenvalue weighted by Gasteiger charge is -2.25. The van der Waals surface area contributed by atoms with Crippen LogP contribution < -0.4 is 0 Å². The first kappa shape index (κ1) is 15.2. The quantitative estimate of drug-likeness (QED) is 0.866. The van der Waals surface area contributed by atoms with E-state index in [4.69, 9.17) is 0 Å². The monoisotopic (exact) mass is 283 g/mol. The number of amides is 1. The van der Waals surface area contributed by atoms with Crippen LogP contribution in [-0.4, -0.2) is 33.9 Å². The second-order valence-electron chi connectivity index (χ2n) is 5.43. The van der Waals surface area contributed by atoms with Crippen LogP contribution in [0.4, 0.5) is 0 Å².